The van der Waals surface area contributed by atoms with Crippen molar-refractivity contribution in [3.8, 4) is 5.75 Å². The van der Waals surface area contributed by atoms with Gasteiger partial charge >= 0.3 is 5.97 Å². The van der Waals surface area contributed by atoms with Crippen molar-refractivity contribution in [2.24, 2.45) is 0 Å². The highest BCUT2D eigenvalue weighted by atomic mass is 32.2. The molecular formula is C20H22N2O6S. The lowest BCUT2D eigenvalue weighted by molar-refractivity contribution is -0.144. The predicted octanol–water partition coefficient (Wildman–Crippen LogP) is 2.55. The molecule has 0 radical (unpaired) electrons. The van der Waals surface area contributed by atoms with Gasteiger partial charge in [0.2, 0.25) is 5.91 Å². The Balaban J connectivity index is 1.91. The molecule has 0 bridgehead atoms. The van der Waals surface area contributed by atoms with E-state index in [0.29, 0.717) is 17.1 Å². The minimum atomic E-state index is -3.91. The number of amides is 1. The summed E-state index contributed by atoms with van der Waals surface area (Å²) in [4.78, 5) is 23.1. The highest BCUT2D eigenvalue weighted by Gasteiger charge is 2.35. The van der Waals surface area contributed by atoms with Gasteiger partial charge in [0.25, 0.3) is 10.0 Å². The van der Waals surface area contributed by atoms with Gasteiger partial charge in [0.1, 0.15) is 11.9 Å². The number of hydrogen-bond acceptors (Lipinski definition) is 6. The van der Waals surface area contributed by atoms with Gasteiger partial charge in [0.05, 0.1) is 30.2 Å². The van der Waals surface area contributed by atoms with Crippen LogP contribution in [0.5, 0.6) is 5.75 Å². The van der Waals surface area contributed by atoms with Crippen molar-refractivity contribution in [3.63, 3.8) is 0 Å². The number of rotatable bonds is 6. The summed E-state index contributed by atoms with van der Waals surface area (Å²) in [5.74, 6) is -0.315. The molecule has 0 aliphatic carbocycles. The average molecular weight is 418 g/mol. The number of nitrogens with one attached hydrogen (secondary N) is 1. The first-order valence-electron chi connectivity index (χ1n) is 9.13. The van der Waals surface area contributed by atoms with Crippen molar-refractivity contribution in [2.45, 2.75) is 31.3 Å². The van der Waals surface area contributed by atoms with Gasteiger partial charge in [-0.05, 0) is 43.3 Å². The number of ether oxygens (including phenoxy) is 2. The van der Waals surface area contributed by atoms with Crippen LogP contribution in [0.15, 0.2) is 53.4 Å². The molecule has 3 rings (SSSR count). The summed E-state index contributed by atoms with van der Waals surface area (Å²) in [5.41, 5.74) is 0.901. The van der Waals surface area contributed by atoms with E-state index in [9.17, 15) is 18.0 Å². The molecule has 29 heavy (non-hydrogen) atoms. The minimum absolute atomic E-state index is 0.0222. The number of sulfonamides is 1. The predicted molar refractivity (Wildman–Crippen MR) is 107 cm³/mol. The molecule has 1 aliphatic heterocycles. The molecular weight excluding hydrogens is 396 g/mol. The molecule has 2 aromatic rings. The summed E-state index contributed by atoms with van der Waals surface area (Å²) in [6, 6.07) is 12.7. The number of anilines is 2. The van der Waals surface area contributed by atoms with Gasteiger partial charge in [0.15, 0.2) is 0 Å². The number of para-hydroxylation sites is 2. The molecule has 1 unspecified atom stereocenters. The van der Waals surface area contributed by atoms with Crippen LogP contribution in [-0.2, 0) is 24.3 Å². The van der Waals surface area contributed by atoms with E-state index in [1.54, 1.807) is 31.2 Å². The van der Waals surface area contributed by atoms with Crippen molar-refractivity contribution < 1.29 is 27.5 Å². The van der Waals surface area contributed by atoms with Gasteiger partial charge in [-0.25, -0.2) is 8.42 Å². The van der Waals surface area contributed by atoms with Gasteiger partial charge in [-0.3, -0.25) is 13.9 Å². The fourth-order valence-electron chi connectivity index (χ4n) is 3.04. The number of fused-ring (bicyclic) bond motifs is 1. The number of hydrogen-bond donors (Lipinski definition) is 1. The highest BCUT2D eigenvalue weighted by molar-refractivity contribution is 7.92. The third-order valence-electron chi connectivity index (χ3n) is 4.26. The van der Waals surface area contributed by atoms with Crippen LogP contribution in [0.4, 0.5) is 11.4 Å². The number of carbonyl (C=O) groups is 2. The van der Waals surface area contributed by atoms with Gasteiger partial charge in [-0.2, -0.15) is 0 Å². The quantitative estimate of drug-likeness (QED) is 0.724. The molecule has 1 amide bonds. The van der Waals surface area contributed by atoms with Crippen molar-refractivity contribution in [3.05, 3.63) is 48.5 Å². The maximum Gasteiger partial charge on any atom is 0.309 e. The SMILES string of the molecule is CCOC(=O)CC1CN(S(=O)(=O)c2ccc(NC(C)=O)cc2)c2ccccc2O1. The van der Waals surface area contributed by atoms with Crippen LogP contribution >= 0.6 is 0 Å². The molecule has 0 saturated carbocycles. The van der Waals surface area contributed by atoms with E-state index in [1.165, 1.54) is 35.5 Å². The Morgan fingerprint density at radius 1 is 1.17 bits per heavy atom. The number of nitrogens with zero attached hydrogens (tertiary/aromatic N) is 1. The Hall–Kier alpha value is -3.07. The molecule has 1 heterocycles. The van der Waals surface area contributed by atoms with E-state index in [1.807, 2.05) is 0 Å². The van der Waals surface area contributed by atoms with Gasteiger partial charge in [-0.15, -0.1) is 0 Å². The van der Waals surface area contributed by atoms with Crippen LogP contribution in [-0.4, -0.2) is 39.5 Å². The Bertz CT molecular complexity index is 1000. The van der Waals surface area contributed by atoms with Crippen LogP contribution in [0.3, 0.4) is 0 Å². The third kappa shape index (κ3) is 4.68. The second kappa shape index (κ2) is 8.52. The van der Waals surface area contributed by atoms with Crippen LogP contribution < -0.4 is 14.4 Å². The van der Waals surface area contributed by atoms with Gasteiger partial charge < -0.3 is 14.8 Å². The fraction of sp³-hybridized carbons (Fsp3) is 0.300. The zero-order valence-corrected chi connectivity index (χ0v) is 16.9. The standard InChI is InChI=1S/C20H22N2O6S/c1-3-27-20(24)12-16-13-22(18-6-4-5-7-19(18)28-16)29(25,26)17-10-8-15(9-11-17)21-14(2)23/h4-11,16H,3,12-13H2,1-2H3,(H,21,23). The molecule has 154 valence electrons. The second-order valence-corrected chi connectivity index (χ2v) is 8.32. The van der Waals surface area contributed by atoms with E-state index in [4.69, 9.17) is 9.47 Å². The maximum atomic E-state index is 13.3. The van der Waals surface area contributed by atoms with Crippen molar-refractivity contribution in [1.82, 2.24) is 0 Å². The first-order valence-corrected chi connectivity index (χ1v) is 10.6. The van der Waals surface area contributed by atoms with E-state index in [2.05, 4.69) is 5.32 Å². The number of carbonyl (C=O) groups excluding carboxylic acids is 2. The van der Waals surface area contributed by atoms with E-state index in [0.717, 1.165) is 0 Å². The fourth-order valence-corrected chi connectivity index (χ4v) is 4.55. The molecule has 1 atom stereocenters. The summed E-state index contributed by atoms with van der Waals surface area (Å²) >= 11 is 0. The molecule has 2 aromatic carbocycles. The normalized spacial score (nSPS) is 15.8. The summed E-state index contributed by atoms with van der Waals surface area (Å²) < 4.78 is 38.6. The van der Waals surface area contributed by atoms with Gasteiger partial charge in [0, 0.05) is 12.6 Å². The third-order valence-corrected chi connectivity index (χ3v) is 6.05. The maximum absolute atomic E-state index is 13.3. The van der Waals surface area contributed by atoms with E-state index in [-0.39, 0.29) is 30.4 Å². The lowest BCUT2D eigenvalue weighted by Crippen LogP contribution is -2.44. The van der Waals surface area contributed by atoms with Crippen LogP contribution in [0.1, 0.15) is 20.3 Å². The Morgan fingerprint density at radius 3 is 2.52 bits per heavy atom. The summed E-state index contributed by atoms with van der Waals surface area (Å²) in [6.45, 7) is 3.30. The first kappa shape index (κ1) is 20.7. The zero-order chi connectivity index (χ0) is 21.0. The lowest BCUT2D eigenvalue weighted by atomic mass is 10.2. The van der Waals surface area contributed by atoms with E-state index < -0.39 is 22.1 Å². The monoisotopic (exact) mass is 418 g/mol. The first-order chi connectivity index (χ1) is 13.8. The largest absolute Gasteiger partial charge is 0.486 e. The lowest BCUT2D eigenvalue weighted by Gasteiger charge is -2.35. The number of benzene rings is 2. The summed E-state index contributed by atoms with van der Waals surface area (Å²) in [6.07, 6.45) is -0.729. The minimum Gasteiger partial charge on any atom is -0.486 e. The smallest absolute Gasteiger partial charge is 0.309 e. The summed E-state index contributed by atoms with van der Waals surface area (Å²) in [5, 5.41) is 2.60. The molecule has 1 N–H and O–H groups in total. The molecule has 0 aromatic heterocycles. The molecule has 0 fully saturated rings. The van der Waals surface area contributed by atoms with Crippen molar-refractivity contribution >= 4 is 33.3 Å². The molecule has 1 aliphatic rings. The molecule has 9 heteroatoms. The Kier molecular flexibility index (Phi) is 6.07. The molecule has 0 saturated heterocycles. The van der Waals surface area contributed by atoms with Crippen LogP contribution in [0.25, 0.3) is 0 Å². The topological polar surface area (TPSA) is 102 Å². The Labute approximate surface area is 169 Å². The Morgan fingerprint density at radius 2 is 1.86 bits per heavy atom. The molecule has 0 spiro atoms. The zero-order valence-electron chi connectivity index (χ0n) is 16.1. The average Bonchev–Trinajstić information content (AvgIpc) is 2.67. The summed E-state index contributed by atoms with van der Waals surface area (Å²) in [7, 11) is -3.91. The highest BCUT2D eigenvalue weighted by Crippen LogP contribution is 2.37. The van der Waals surface area contributed by atoms with E-state index >= 15 is 0 Å². The second-order valence-electron chi connectivity index (χ2n) is 6.46. The van der Waals surface area contributed by atoms with Crippen LogP contribution in [0.2, 0.25) is 0 Å². The number of esters is 1. The van der Waals surface area contributed by atoms with Crippen molar-refractivity contribution in [2.75, 3.05) is 22.8 Å². The molecule has 8 nitrogen and oxygen atoms in total. The van der Waals surface area contributed by atoms with Crippen LogP contribution in [0, 0.1) is 0 Å². The van der Waals surface area contributed by atoms with Crippen molar-refractivity contribution in [1.29, 1.82) is 0 Å². The van der Waals surface area contributed by atoms with Gasteiger partial charge in [-0.1, -0.05) is 12.1 Å².